The highest BCUT2D eigenvalue weighted by molar-refractivity contribution is 6.13. The van der Waals surface area contributed by atoms with Crippen molar-refractivity contribution < 1.29 is 14.3 Å². The van der Waals surface area contributed by atoms with Gasteiger partial charge in [-0.25, -0.2) is 4.98 Å². The second-order valence-corrected chi connectivity index (χ2v) is 7.49. The molecule has 0 saturated carbocycles. The number of aryl methyl sites for hydroxylation is 1. The molecule has 0 aliphatic carbocycles. The molecule has 0 unspecified atom stereocenters. The van der Waals surface area contributed by atoms with Gasteiger partial charge in [0, 0.05) is 23.6 Å². The summed E-state index contributed by atoms with van der Waals surface area (Å²) in [5.41, 5.74) is 5.05. The average Bonchev–Trinajstić information content (AvgIpc) is 2.78. The molecule has 3 aromatic carbocycles. The van der Waals surface area contributed by atoms with E-state index in [1.807, 2.05) is 55.5 Å². The fourth-order valence-corrected chi connectivity index (χ4v) is 3.51. The number of anilines is 2. The lowest BCUT2D eigenvalue weighted by molar-refractivity contribution is -0.114. The van der Waals surface area contributed by atoms with Gasteiger partial charge in [-0.15, -0.1) is 0 Å². The summed E-state index contributed by atoms with van der Waals surface area (Å²) in [6.45, 7) is 3.46. The minimum atomic E-state index is -0.296. The molecule has 0 bridgehead atoms. The number of pyridine rings is 1. The predicted octanol–water partition coefficient (Wildman–Crippen LogP) is 5.43. The largest absolute Gasteiger partial charge is 0.495 e. The van der Waals surface area contributed by atoms with Crippen molar-refractivity contribution in [3.05, 3.63) is 83.9 Å². The van der Waals surface area contributed by atoms with Gasteiger partial charge in [0.25, 0.3) is 5.91 Å². The van der Waals surface area contributed by atoms with E-state index in [1.165, 1.54) is 14.0 Å². The highest BCUT2D eigenvalue weighted by Crippen LogP contribution is 2.30. The highest BCUT2D eigenvalue weighted by atomic mass is 16.5. The molecule has 4 aromatic rings. The summed E-state index contributed by atoms with van der Waals surface area (Å²) in [7, 11) is 1.53. The van der Waals surface area contributed by atoms with E-state index in [0.717, 1.165) is 22.0 Å². The summed E-state index contributed by atoms with van der Waals surface area (Å²) in [4.78, 5) is 29.6. The second-order valence-electron chi connectivity index (χ2n) is 7.49. The number of aromatic nitrogens is 1. The van der Waals surface area contributed by atoms with E-state index < -0.39 is 0 Å². The molecule has 2 amide bonds. The number of fused-ring (bicyclic) bond motifs is 1. The molecule has 32 heavy (non-hydrogen) atoms. The first-order valence-electron chi connectivity index (χ1n) is 10.2. The van der Waals surface area contributed by atoms with Crippen molar-refractivity contribution in [1.82, 2.24) is 4.98 Å². The fraction of sp³-hybridized carbons (Fsp3) is 0.115. The first-order chi connectivity index (χ1) is 15.4. The monoisotopic (exact) mass is 425 g/mol. The Hall–Kier alpha value is -4.19. The minimum absolute atomic E-state index is 0.199. The van der Waals surface area contributed by atoms with Crippen LogP contribution in [0.5, 0.6) is 5.75 Å². The molecule has 1 aromatic heterocycles. The third-order valence-corrected chi connectivity index (χ3v) is 5.08. The summed E-state index contributed by atoms with van der Waals surface area (Å²) >= 11 is 0. The van der Waals surface area contributed by atoms with Crippen LogP contribution in [0.1, 0.15) is 22.8 Å². The molecule has 6 nitrogen and oxygen atoms in total. The van der Waals surface area contributed by atoms with Crippen molar-refractivity contribution in [1.29, 1.82) is 0 Å². The van der Waals surface area contributed by atoms with Gasteiger partial charge >= 0.3 is 0 Å². The predicted molar refractivity (Wildman–Crippen MR) is 127 cm³/mol. The van der Waals surface area contributed by atoms with E-state index in [1.54, 1.807) is 24.3 Å². The summed E-state index contributed by atoms with van der Waals surface area (Å²) in [6, 6.07) is 22.4. The number of nitrogens with zero attached hydrogens (tertiary/aromatic N) is 1. The minimum Gasteiger partial charge on any atom is -0.495 e. The van der Waals surface area contributed by atoms with Crippen molar-refractivity contribution in [3.8, 4) is 17.0 Å². The average molecular weight is 425 g/mol. The standard InChI is InChI=1S/C26H23N3O3/c1-16-8-10-18(11-9-16)23-15-21(20-6-4-5-7-22(20)28-23)26(31)29-24-14-19(27-17(2)30)12-13-25(24)32-3/h4-15H,1-3H3,(H,27,30)(H,29,31). The Bertz CT molecular complexity index is 1310. The van der Waals surface area contributed by atoms with Crippen molar-refractivity contribution in [2.45, 2.75) is 13.8 Å². The normalized spacial score (nSPS) is 10.6. The number of amides is 2. The molecule has 6 heteroatoms. The lowest BCUT2D eigenvalue weighted by atomic mass is 10.0. The molecule has 0 radical (unpaired) electrons. The lowest BCUT2D eigenvalue weighted by Crippen LogP contribution is -2.14. The number of para-hydroxylation sites is 1. The van der Waals surface area contributed by atoms with Crippen molar-refractivity contribution in [2.24, 2.45) is 0 Å². The second kappa shape index (κ2) is 8.89. The van der Waals surface area contributed by atoms with Crippen LogP contribution in [0.15, 0.2) is 72.8 Å². The summed E-state index contributed by atoms with van der Waals surface area (Å²) in [5.74, 6) is -0.00452. The molecule has 0 aliphatic rings. The third kappa shape index (κ3) is 4.44. The van der Waals surface area contributed by atoms with Gasteiger partial charge < -0.3 is 15.4 Å². The van der Waals surface area contributed by atoms with Gasteiger partial charge in [0.1, 0.15) is 5.75 Å². The Balaban J connectivity index is 1.77. The zero-order valence-corrected chi connectivity index (χ0v) is 18.1. The van der Waals surface area contributed by atoms with Crippen molar-refractivity contribution >= 4 is 34.1 Å². The molecular weight excluding hydrogens is 402 g/mol. The number of methoxy groups -OCH3 is 1. The van der Waals surface area contributed by atoms with Gasteiger partial charge in [-0.1, -0.05) is 48.0 Å². The van der Waals surface area contributed by atoms with Crippen LogP contribution in [0.2, 0.25) is 0 Å². The maximum Gasteiger partial charge on any atom is 0.256 e. The molecule has 0 saturated heterocycles. The molecule has 4 rings (SSSR count). The quantitative estimate of drug-likeness (QED) is 0.447. The van der Waals surface area contributed by atoms with E-state index in [-0.39, 0.29) is 11.8 Å². The van der Waals surface area contributed by atoms with Crippen LogP contribution in [-0.2, 0) is 4.79 Å². The molecule has 2 N–H and O–H groups in total. The summed E-state index contributed by atoms with van der Waals surface area (Å²) in [5, 5.41) is 6.39. The van der Waals surface area contributed by atoms with Crippen LogP contribution < -0.4 is 15.4 Å². The molecule has 0 fully saturated rings. The summed E-state index contributed by atoms with van der Waals surface area (Å²) in [6.07, 6.45) is 0. The van der Waals surface area contributed by atoms with Crippen LogP contribution >= 0.6 is 0 Å². The Morgan fingerprint density at radius 2 is 1.66 bits per heavy atom. The van der Waals surface area contributed by atoms with E-state index in [0.29, 0.717) is 28.4 Å². The Labute approximate surface area is 186 Å². The topological polar surface area (TPSA) is 80.3 Å². The van der Waals surface area contributed by atoms with E-state index in [9.17, 15) is 9.59 Å². The van der Waals surface area contributed by atoms with Crippen molar-refractivity contribution in [3.63, 3.8) is 0 Å². The molecule has 0 spiro atoms. The highest BCUT2D eigenvalue weighted by Gasteiger charge is 2.16. The Morgan fingerprint density at radius 1 is 0.906 bits per heavy atom. The Morgan fingerprint density at radius 3 is 2.38 bits per heavy atom. The smallest absolute Gasteiger partial charge is 0.256 e. The van der Waals surface area contributed by atoms with Gasteiger partial charge in [0.15, 0.2) is 0 Å². The number of nitrogens with one attached hydrogen (secondary N) is 2. The Kier molecular flexibility index (Phi) is 5.85. The van der Waals surface area contributed by atoms with Crippen molar-refractivity contribution in [2.75, 3.05) is 17.7 Å². The number of ether oxygens (including phenoxy) is 1. The fourth-order valence-electron chi connectivity index (χ4n) is 3.51. The number of carbonyl (C=O) groups excluding carboxylic acids is 2. The van der Waals surface area contributed by atoms with Crippen LogP contribution in [0.25, 0.3) is 22.2 Å². The number of hydrogen-bond acceptors (Lipinski definition) is 4. The van der Waals surface area contributed by atoms with Crippen LogP contribution in [0.4, 0.5) is 11.4 Å². The first kappa shape index (κ1) is 21.1. The molecular formula is C26H23N3O3. The summed E-state index contributed by atoms with van der Waals surface area (Å²) < 4.78 is 5.39. The van der Waals surface area contributed by atoms with Crippen LogP contribution in [0, 0.1) is 6.92 Å². The van der Waals surface area contributed by atoms with Gasteiger partial charge in [0.2, 0.25) is 5.91 Å². The SMILES string of the molecule is COc1ccc(NC(C)=O)cc1NC(=O)c1cc(-c2ccc(C)cc2)nc2ccccc12. The van der Waals surface area contributed by atoms with Crippen LogP contribution in [0.3, 0.4) is 0 Å². The van der Waals surface area contributed by atoms with Gasteiger partial charge in [-0.3, -0.25) is 9.59 Å². The molecule has 160 valence electrons. The van der Waals surface area contributed by atoms with Crippen LogP contribution in [-0.4, -0.2) is 23.9 Å². The number of rotatable bonds is 5. The van der Waals surface area contributed by atoms with E-state index >= 15 is 0 Å². The number of hydrogen-bond donors (Lipinski definition) is 2. The lowest BCUT2D eigenvalue weighted by Gasteiger charge is -2.14. The van der Waals surface area contributed by atoms with Gasteiger partial charge in [-0.2, -0.15) is 0 Å². The number of benzene rings is 3. The maximum absolute atomic E-state index is 13.4. The third-order valence-electron chi connectivity index (χ3n) is 5.08. The first-order valence-corrected chi connectivity index (χ1v) is 10.2. The molecule has 0 aliphatic heterocycles. The van der Waals surface area contributed by atoms with E-state index in [2.05, 4.69) is 10.6 Å². The van der Waals surface area contributed by atoms with Gasteiger partial charge in [0.05, 0.1) is 29.6 Å². The zero-order chi connectivity index (χ0) is 22.7. The number of carbonyl (C=O) groups is 2. The van der Waals surface area contributed by atoms with Gasteiger partial charge in [-0.05, 0) is 37.3 Å². The molecule has 1 heterocycles. The zero-order valence-electron chi connectivity index (χ0n) is 18.1. The molecule has 0 atom stereocenters. The van der Waals surface area contributed by atoms with E-state index in [4.69, 9.17) is 9.72 Å². The maximum atomic E-state index is 13.4.